The number of hydrogen-bond donors (Lipinski definition) is 1. The van der Waals surface area contributed by atoms with E-state index in [9.17, 15) is 18.0 Å². The van der Waals surface area contributed by atoms with Gasteiger partial charge in [-0.15, -0.1) is 0 Å². The average molecular weight is 365 g/mol. The molecule has 1 saturated heterocycles. The lowest BCUT2D eigenvalue weighted by molar-refractivity contribution is -0.137. The third-order valence-corrected chi connectivity index (χ3v) is 5.39. The van der Waals surface area contributed by atoms with Gasteiger partial charge in [-0.25, -0.2) is 0 Å². The number of rotatable bonds is 4. The molecule has 1 fully saturated rings. The minimum atomic E-state index is -4.36. The standard InChI is InChI=1S/C19H18F3NOS/c20-19(21,22)14-8-6-13(7-9-14)18(16-12-25-11-10-17(16)24)23-15-4-2-1-3-5-15/h1-9,16,18,23H,10-12H2/t16-,18+/m0/s1. The van der Waals surface area contributed by atoms with Crippen LogP contribution >= 0.6 is 11.8 Å². The van der Waals surface area contributed by atoms with Crippen LogP contribution < -0.4 is 5.32 Å². The molecule has 0 aromatic heterocycles. The summed E-state index contributed by atoms with van der Waals surface area (Å²) in [6.45, 7) is 0. The number of carbonyl (C=O) groups excluding carboxylic acids is 1. The third-order valence-electron chi connectivity index (χ3n) is 4.30. The van der Waals surface area contributed by atoms with Crippen LogP contribution in [0.2, 0.25) is 0 Å². The van der Waals surface area contributed by atoms with E-state index < -0.39 is 11.7 Å². The van der Waals surface area contributed by atoms with Crippen molar-refractivity contribution in [2.24, 2.45) is 5.92 Å². The fourth-order valence-corrected chi connectivity index (χ4v) is 4.10. The van der Waals surface area contributed by atoms with E-state index in [1.165, 1.54) is 12.1 Å². The van der Waals surface area contributed by atoms with E-state index in [0.717, 1.165) is 23.6 Å². The number of alkyl halides is 3. The van der Waals surface area contributed by atoms with E-state index >= 15 is 0 Å². The molecule has 0 aliphatic carbocycles. The number of para-hydroxylation sites is 1. The summed E-state index contributed by atoms with van der Waals surface area (Å²) in [6.07, 6.45) is -3.86. The number of carbonyl (C=O) groups is 1. The first-order valence-electron chi connectivity index (χ1n) is 8.04. The van der Waals surface area contributed by atoms with Crippen LogP contribution in [0.15, 0.2) is 54.6 Å². The van der Waals surface area contributed by atoms with Crippen molar-refractivity contribution in [2.45, 2.75) is 18.6 Å². The number of Topliss-reactive ketones (excluding diaryl/α,β-unsaturated/α-hetero) is 1. The average Bonchev–Trinajstić information content (AvgIpc) is 2.61. The summed E-state index contributed by atoms with van der Waals surface area (Å²) < 4.78 is 38.4. The topological polar surface area (TPSA) is 29.1 Å². The van der Waals surface area contributed by atoms with Crippen LogP contribution in [0.1, 0.15) is 23.6 Å². The maximum absolute atomic E-state index is 12.8. The quantitative estimate of drug-likeness (QED) is 0.809. The van der Waals surface area contributed by atoms with Gasteiger partial charge in [0, 0.05) is 23.6 Å². The Morgan fingerprint density at radius 3 is 2.32 bits per heavy atom. The summed E-state index contributed by atoms with van der Waals surface area (Å²) >= 11 is 1.71. The van der Waals surface area contributed by atoms with E-state index in [1.807, 2.05) is 30.3 Å². The molecule has 6 heteroatoms. The van der Waals surface area contributed by atoms with Gasteiger partial charge in [0.1, 0.15) is 5.78 Å². The fourth-order valence-electron chi connectivity index (χ4n) is 2.95. The lowest BCUT2D eigenvalue weighted by Gasteiger charge is -2.31. The molecule has 0 spiro atoms. The number of hydrogen-bond acceptors (Lipinski definition) is 3. The monoisotopic (exact) mass is 365 g/mol. The molecule has 0 unspecified atom stereocenters. The van der Waals surface area contributed by atoms with E-state index in [4.69, 9.17) is 0 Å². The van der Waals surface area contributed by atoms with Gasteiger partial charge in [-0.1, -0.05) is 30.3 Å². The Bertz CT molecular complexity index is 716. The van der Waals surface area contributed by atoms with Crippen LogP contribution in [0, 0.1) is 5.92 Å². The molecule has 3 rings (SSSR count). The minimum Gasteiger partial charge on any atom is -0.377 e. The Kier molecular flexibility index (Phi) is 5.37. The normalized spacial score (nSPS) is 19.5. The lowest BCUT2D eigenvalue weighted by Crippen LogP contribution is -2.32. The Balaban J connectivity index is 1.91. The molecule has 132 valence electrons. The van der Waals surface area contributed by atoms with Crippen molar-refractivity contribution in [1.82, 2.24) is 0 Å². The highest BCUT2D eigenvalue weighted by Crippen LogP contribution is 2.35. The van der Waals surface area contributed by atoms with E-state index in [0.29, 0.717) is 17.7 Å². The van der Waals surface area contributed by atoms with Gasteiger partial charge in [0.25, 0.3) is 0 Å². The first-order valence-corrected chi connectivity index (χ1v) is 9.20. The highest BCUT2D eigenvalue weighted by molar-refractivity contribution is 7.99. The predicted octanol–water partition coefficient (Wildman–Crippen LogP) is 5.18. The molecular formula is C19H18F3NOS. The molecular weight excluding hydrogens is 347 g/mol. The lowest BCUT2D eigenvalue weighted by atomic mass is 9.88. The Morgan fingerprint density at radius 1 is 1.04 bits per heavy atom. The zero-order valence-electron chi connectivity index (χ0n) is 13.4. The van der Waals surface area contributed by atoms with Gasteiger partial charge in [0.15, 0.2) is 0 Å². The second-order valence-corrected chi connectivity index (χ2v) is 7.16. The van der Waals surface area contributed by atoms with Crippen LogP contribution in [-0.2, 0) is 11.0 Å². The largest absolute Gasteiger partial charge is 0.416 e. The number of thioether (sulfide) groups is 1. The van der Waals surface area contributed by atoms with Gasteiger partial charge in [-0.3, -0.25) is 4.79 Å². The van der Waals surface area contributed by atoms with E-state index in [1.54, 1.807) is 11.8 Å². The first-order chi connectivity index (χ1) is 11.9. The van der Waals surface area contributed by atoms with Crippen LogP contribution in [0.4, 0.5) is 18.9 Å². The molecule has 0 saturated carbocycles. The van der Waals surface area contributed by atoms with Crippen molar-refractivity contribution in [3.63, 3.8) is 0 Å². The van der Waals surface area contributed by atoms with Crippen LogP contribution in [0.25, 0.3) is 0 Å². The second kappa shape index (κ2) is 7.52. The smallest absolute Gasteiger partial charge is 0.377 e. The van der Waals surface area contributed by atoms with Gasteiger partial charge in [0.05, 0.1) is 17.5 Å². The van der Waals surface area contributed by atoms with Crippen molar-refractivity contribution in [3.8, 4) is 0 Å². The van der Waals surface area contributed by atoms with Crippen molar-refractivity contribution >= 4 is 23.2 Å². The summed E-state index contributed by atoms with van der Waals surface area (Å²) in [5.41, 5.74) is 0.854. The Morgan fingerprint density at radius 2 is 1.72 bits per heavy atom. The molecule has 2 aromatic carbocycles. The fraction of sp³-hybridized carbons (Fsp3) is 0.316. The number of halogens is 3. The summed E-state index contributed by atoms with van der Waals surface area (Å²) in [7, 11) is 0. The SMILES string of the molecule is O=C1CCSC[C@@H]1[C@H](Nc1ccccc1)c1ccc(C(F)(F)F)cc1. The summed E-state index contributed by atoms with van der Waals surface area (Å²) in [5.74, 6) is 1.38. The van der Waals surface area contributed by atoms with Gasteiger partial charge >= 0.3 is 6.18 Å². The van der Waals surface area contributed by atoms with Gasteiger partial charge < -0.3 is 5.32 Å². The molecule has 2 aromatic rings. The molecule has 1 N–H and O–H groups in total. The van der Waals surface area contributed by atoms with Gasteiger partial charge in [0.2, 0.25) is 0 Å². The molecule has 1 heterocycles. The highest BCUT2D eigenvalue weighted by Gasteiger charge is 2.33. The maximum Gasteiger partial charge on any atom is 0.416 e. The van der Waals surface area contributed by atoms with Gasteiger partial charge in [-0.2, -0.15) is 24.9 Å². The van der Waals surface area contributed by atoms with Crippen LogP contribution in [0.3, 0.4) is 0 Å². The first kappa shape index (κ1) is 17.9. The second-order valence-electron chi connectivity index (χ2n) is 6.01. The predicted molar refractivity (Wildman–Crippen MR) is 94.7 cm³/mol. The summed E-state index contributed by atoms with van der Waals surface area (Å²) in [5, 5.41) is 3.34. The van der Waals surface area contributed by atoms with Crippen LogP contribution in [-0.4, -0.2) is 17.3 Å². The Hall–Kier alpha value is -1.95. The van der Waals surface area contributed by atoms with Crippen LogP contribution in [0.5, 0.6) is 0 Å². The van der Waals surface area contributed by atoms with E-state index in [-0.39, 0.29) is 17.7 Å². The molecule has 0 radical (unpaired) electrons. The number of ketones is 1. The third kappa shape index (κ3) is 4.37. The maximum atomic E-state index is 12.8. The molecule has 2 nitrogen and oxygen atoms in total. The molecule has 0 bridgehead atoms. The minimum absolute atomic E-state index is 0.159. The van der Waals surface area contributed by atoms with Gasteiger partial charge in [-0.05, 0) is 29.8 Å². The number of benzene rings is 2. The summed E-state index contributed by atoms with van der Waals surface area (Å²) in [6, 6.07) is 14.2. The molecule has 1 aliphatic rings. The molecule has 1 aliphatic heterocycles. The Labute approximate surface area is 148 Å². The summed E-state index contributed by atoms with van der Waals surface area (Å²) in [4.78, 5) is 12.4. The number of nitrogens with one attached hydrogen (secondary N) is 1. The zero-order chi connectivity index (χ0) is 17.9. The van der Waals surface area contributed by atoms with E-state index in [2.05, 4.69) is 5.32 Å². The van der Waals surface area contributed by atoms with Crippen molar-refractivity contribution in [3.05, 3.63) is 65.7 Å². The van der Waals surface area contributed by atoms with Crippen molar-refractivity contribution < 1.29 is 18.0 Å². The highest BCUT2D eigenvalue weighted by atomic mass is 32.2. The van der Waals surface area contributed by atoms with Crippen molar-refractivity contribution in [2.75, 3.05) is 16.8 Å². The zero-order valence-corrected chi connectivity index (χ0v) is 14.2. The molecule has 25 heavy (non-hydrogen) atoms. The molecule has 2 atom stereocenters. The van der Waals surface area contributed by atoms with Crippen molar-refractivity contribution in [1.29, 1.82) is 0 Å². The number of anilines is 1. The molecule has 0 amide bonds.